The molecule has 30 heavy (non-hydrogen) atoms. The van der Waals surface area contributed by atoms with E-state index in [-0.39, 0.29) is 5.78 Å². The average Bonchev–Trinajstić information content (AvgIpc) is 3.22. The molecule has 0 aromatic heterocycles. The molecule has 0 bridgehead atoms. The van der Waals surface area contributed by atoms with E-state index in [1.165, 1.54) is 44.2 Å². The normalized spacial score (nSPS) is 25.4. The summed E-state index contributed by atoms with van der Waals surface area (Å²) in [6.07, 6.45) is 8.92. The summed E-state index contributed by atoms with van der Waals surface area (Å²) >= 11 is 0. The number of hydrogen-bond acceptors (Lipinski definition) is 5. The molecule has 1 saturated carbocycles. The number of likely N-dealkylation sites (tertiary alicyclic amines) is 1. The number of piperidine rings is 1. The maximum Gasteiger partial charge on any atom is 0.231 e. The van der Waals surface area contributed by atoms with Gasteiger partial charge in [0.25, 0.3) is 0 Å². The first-order valence-corrected chi connectivity index (χ1v) is 11.8. The Bertz CT molecular complexity index is 725. The molecule has 0 spiro atoms. The van der Waals surface area contributed by atoms with Crippen LogP contribution in [0, 0.1) is 11.8 Å². The number of fused-ring (bicyclic) bond motifs is 1. The number of carbonyl (C=O) groups excluding carboxylic acids is 1. The van der Waals surface area contributed by atoms with Crippen molar-refractivity contribution in [2.75, 3.05) is 26.4 Å². The quantitative estimate of drug-likeness (QED) is 0.709. The summed E-state index contributed by atoms with van der Waals surface area (Å²) in [6.45, 7) is 7.07. The Morgan fingerprint density at radius 3 is 2.47 bits per heavy atom. The third-order valence-corrected chi connectivity index (χ3v) is 7.43. The zero-order chi connectivity index (χ0) is 21.1. The molecule has 0 radical (unpaired) electrons. The number of aliphatic hydroxyl groups is 1. The molecule has 1 aliphatic carbocycles. The fraction of sp³-hybridized carbons (Fsp3) is 0.720. The standard InChI is InChI=1S/C25H37NO4/c1-25(2,28)23(27)16-19-8-6-18(7-9-19)10-13-26-14-11-20(12-15-26)21-4-3-5-22-24(21)30-17-29-22/h3-5,18-20,28H,6-17H2,1-2H3. The number of benzene rings is 1. The van der Waals surface area contributed by atoms with Crippen LogP contribution in [-0.2, 0) is 4.79 Å². The summed E-state index contributed by atoms with van der Waals surface area (Å²) in [6, 6.07) is 6.28. The minimum absolute atomic E-state index is 0.00478. The molecule has 0 unspecified atom stereocenters. The van der Waals surface area contributed by atoms with Gasteiger partial charge < -0.3 is 19.5 Å². The van der Waals surface area contributed by atoms with Gasteiger partial charge in [0.1, 0.15) is 5.60 Å². The topological polar surface area (TPSA) is 59.0 Å². The number of hydrogen-bond donors (Lipinski definition) is 1. The van der Waals surface area contributed by atoms with E-state index in [0.29, 0.717) is 25.0 Å². The van der Waals surface area contributed by atoms with Crippen molar-refractivity contribution < 1.29 is 19.4 Å². The smallest absolute Gasteiger partial charge is 0.231 e. The predicted molar refractivity (Wildman–Crippen MR) is 117 cm³/mol. The zero-order valence-corrected chi connectivity index (χ0v) is 18.6. The number of para-hydroxylation sites is 1. The van der Waals surface area contributed by atoms with Crippen molar-refractivity contribution in [2.45, 2.75) is 76.7 Å². The molecule has 3 aliphatic rings. The van der Waals surface area contributed by atoms with E-state index in [9.17, 15) is 9.90 Å². The van der Waals surface area contributed by atoms with Crippen LogP contribution in [0.25, 0.3) is 0 Å². The highest BCUT2D eigenvalue weighted by Gasteiger charge is 2.30. The molecular formula is C25H37NO4. The number of carbonyl (C=O) groups is 1. The van der Waals surface area contributed by atoms with Crippen molar-refractivity contribution in [3.05, 3.63) is 23.8 Å². The lowest BCUT2D eigenvalue weighted by Crippen LogP contribution is -2.35. The Hall–Kier alpha value is -1.59. The highest BCUT2D eigenvalue weighted by Crippen LogP contribution is 2.42. The summed E-state index contributed by atoms with van der Waals surface area (Å²) in [4.78, 5) is 14.7. The van der Waals surface area contributed by atoms with Crippen LogP contribution < -0.4 is 9.47 Å². The molecule has 0 amide bonds. The number of nitrogens with zero attached hydrogens (tertiary/aromatic N) is 1. The molecule has 166 valence electrons. The van der Waals surface area contributed by atoms with Crippen molar-refractivity contribution in [3.63, 3.8) is 0 Å². The first-order valence-electron chi connectivity index (χ1n) is 11.8. The van der Waals surface area contributed by atoms with Crippen LogP contribution in [0.5, 0.6) is 11.5 Å². The van der Waals surface area contributed by atoms with Crippen LogP contribution in [0.4, 0.5) is 0 Å². The Balaban J connectivity index is 1.17. The Kier molecular flexibility index (Phi) is 6.69. The second kappa shape index (κ2) is 9.27. The lowest BCUT2D eigenvalue weighted by Gasteiger charge is -2.34. The third kappa shape index (κ3) is 5.17. The first kappa shape index (κ1) is 21.6. The van der Waals surface area contributed by atoms with Gasteiger partial charge >= 0.3 is 0 Å². The molecule has 0 atom stereocenters. The second-order valence-electron chi connectivity index (χ2n) is 10.1. The van der Waals surface area contributed by atoms with E-state index >= 15 is 0 Å². The Morgan fingerprint density at radius 2 is 1.77 bits per heavy atom. The molecule has 5 nitrogen and oxygen atoms in total. The fourth-order valence-corrected chi connectivity index (χ4v) is 5.34. The number of rotatable bonds is 7. The van der Waals surface area contributed by atoms with Crippen LogP contribution in [0.3, 0.4) is 0 Å². The van der Waals surface area contributed by atoms with Gasteiger partial charge in [0.05, 0.1) is 0 Å². The molecule has 1 N–H and O–H groups in total. The SMILES string of the molecule is CC(C)(O)C(=O)CC1CCC(CCN2CCC(c3cccc4c3OCO4)CC2)CC1. The number of Topliss-reactive ketones (excluding diaryl/α,β-unsaturated/α-hetero) is 1. The highest BCUT2D eigenvalue weighted by molar-refractivity contribution is 5.86. The van der Waals surface area contributed by atoms with Crippen LogP contribution in [-0.4, -0.2) is 47.8 Å². The van der Waals surface area contributed by atoms with Gasteiger partial charge in [-0.2, -0.15) is 0 Å². The number of ketones is 1. The van der Waals surface area contributed by atoms with Crippen molar-refractivity contribution in [1.82, 2.24) is 4.90 Å². The monoisotopic (exact) mass is 415 g/mol. The zero-order valence-electron chi connectivity index (χ0n) is 18.6. The van der Waals surface area contributed by atoms with Gasteiger partial charge in [-0.1, -0.05) is 25.0 Å². The minimum Gasteiger partial charge on any atom is -0.454 e. The van der Waals surface area contributed by atoms with Gasteiger partial charge in [0.15, 0.2) is 17.3 Å². The molecule has 1 saturated heterocycles. The summed E-state index contributed by atoms with van der Waals surface area (Å²) in [5, 5.41) is 9.87. The molecule has 2 fully saturated rings. The van der Waals surface area contributed by atoms with Gasteiger partial charge in [-0.3, -0.25) is 4.79 Å². The maximum absolute atomic E-state index is 12.1. The van der Waals surface area contributed by atoms with Crippen molar-refractivity contribution in [1.29, 1.82) is 0 Å². The molecule has 1 aromatic rings. The van der Waals surface area contributed by atoms with Crippen LogP contribution >= 0.6 is 0 Å². The lowest BCUT2D eigenvalue weighted by molar-refractivity contribution is -0.135. The van der Waals surface area contributed by atoms with Crippen LogP contribution in [0.15, 0.2) is 18.2 Å². The first-order chi connectivity index (χ1) is 14.4. The van der Waals surface area contributed by atoms with E-state index in [4.69, 9.17) is 9.47 Å². The van der Waals surface area contributed by atoms with Gasteiger partial charge in [-0.15, -0.1) is 0 Å². The van der Waals surface area contributed by atoms with E-state index in [0.717, 1.165) is 43.3 Å². The third-order valence-electron chi connectivity index (χ3n) is 7.43. The molecule has 1 aromatic carbocycles. The Morgan fingerprint density at radius 1 is 1.07 bits per heavy atom. The van der Waals surface area contributed by atoms with Crippen molar-refractivity contribution in [2.24, 2.45) is 11.8 Å². The Labute approximate surface area is 180 Å². The predicted octanol–water partition coefficient (Wildman–Crippen LogP) is 4.52. The minimum atomic E-state index is -1.18. The highest BCUT2D eigenvalue weighted by atomic mass is 16.7. The van der Waals surface area contributed by atoms with E-state index in [1.807, 2.05) is 6.07 Å². The van der Waals surface area contributed by atoms with Crippen molar-refractivity contribution >= 4 is 5.78 Å². The largest absolute Gasteiger partial charge is 0.454 e. The molecule has 4 rings (SSSR count). The molecular weight excluding hydrogens is 378 g/mol. The lowest BCUT2D eigenvalue weighted by atomic mass is 9.77. The molecule has 2 aliphatic heterocycles. The molecule has 2 heterocycles. The average molecular weight is 416 g/mol. The van der Waals surface area contributed by atoms with E-state index in [1.54, 1.807) is 13.8 Å². The van der Waals surface area contributed by atoms with E-state index < -0.39 is 5.60 Å². The van der Waals surface area contributed by atoms with Crippen molar-refractivity contribution in [3.8, 4) is 11.5 Å². The van der Waals surface area contributed by atoms with E-state index in [2.05, 4.69) is 17.0 Å². The second-order valence-corrected chi connectivity index (χ2v) is 10.1. The summed E-state index contributed by atoms with van der Waals surface area (Å²) in [7, 11) is 0. The summed E-state index contributed by atoms with van der Waals surface area (Å²) in [5.41, 5.74) is 0.144. The fourth-order valence-electron chi connectivity index (χ4n) is 5.34. The summed E-state index contributed by atoms with van der Waals surface area (Å²) in [5.74, 6) is 3.69. The maximum atomic E-state index is 12.1. The van der Waals surface area contributed by atoms with Crippen LogP contribution in [0.1, 0.15) is 76.7 Å². The van der Waals surface area contributed by atoms with Crippen LogP contribution in [0.2, 0.25) is 0 Å². The molecule has 5 heteroatoms. The summed E-state index contributed by atoms with van der Waals surface area (Å²) < 4.78 is 11.3. The van der Waals surface area contributed by atoms with Gasteiger partial charge in [0.2, 0.25) is 6.79 Å². The van der Waals surface area contributed by atoms with Gasteiger partial charge in [0, 0.05) is 12.0 Å². The van der Waals surface area contributed by atoms with Gasteiger partial charge in [-0.05, 0) is 89.4 Å². The number of ether oxygens (including phenoxy) is 2. The van der Waals surface area contributed by atoms with Gasteiger partial charge in [-0.25, -0.2) is 0 Å².